The smallest absolute Gasteiger partial charge is 0.272 e. The van der Waals surface area contributed by atoms with Crippen molar-refractivity contribution in [3.63, 3.8) is 0 Å². The minimum Gasteiger partial charge on any atom is -0.338 e. The number of aryl methyl sites for hydroxylation is 1. The highest BCUT2D eigenvalue weighted by Gasteiger charge is 2.16. The molecule has 1 amide bonds. The van der Waals surface area contributed by atoms with Crippen LogP contribution in [0.2, 0.25) is 0 Å². The summed E-state index contributed by atoms with van der Waals surface area (Å²) in [5, 5.41) is 0. The van der Waals surface area contributed by atoms with Gasteiger partial charge in [0, 0.05) is 26.0 Å². The molecule has 1 heterocycles. The van der Waals surface area contributed by atoms with E-state index >= 15 is 0 Å². The van der Waals surface area contributed by atoms with Crippen LogP contribution in [0.4, 0.5) is 0 Å². The molecule has 0 atom stereocenters. The first-order valence-electron chi connectivity index (χ1n) is 5.02. The molecule has 0 N–H and O–H groups in total. The van der Waals surface area contributed by atoms with Gasteiger partial charge in [-0.2, -0.15) is 0 Å². The molecule has 0 aromatic carbocycles. The third-order valence-electron chi connectivity index (χ3n) is 2.27. The molecule has 0 aliphatic rings. The van der Waals surface area contributed by atoms with E-state index in [1.165, 1.54) is 0 Å². The number of aromatic nitrogens is 2. The summed E-state index contributed by atoms with van der Waals surface area (Å²) in [4.78, 5) is 17.7. The summed E-state index contributed by atoms with van der Waals surface area (Å²) in [7, 11) is 1.82. The Morgan fingerprint density at radius 1 is 1.67 bits per heavy atom. The first-order chi connectivity index (χ1) is 7.20. The largest absolute Gasteiger partial charge is 0.338 e. The van der Waals surface area contributed by atoms with Gasteiger partial charge < -0.3 is 9.47 Å². The molecule has 0 unspecified atom stereocenters. The number of halogens is 1. The topological polar surface area (TPSA) is 38.1 Å². The fourth-order valence-corrected chi connectivity index (χ4v) is 1.50. The summed E-state index contributed by atoms with van der Waals surface area (Å²) in [5.41, 5.74) is 0.617. The Morgan fingerprint density at radius 2 is 2.40 bits per heavy atom. The molecule has 1 aromatic rings. The summed E-state index contributed by atoms with van der Waals surface area (Å²) in [6.07, 6.45) is 4.04. The standard InChI is InChI=1S/C10H16ClN3O/c1-3-14(6-4-5-11)10(15)9-7-12-8-13(9)2/h7-8H,3-6H2,1-2H3. The van der Waals surface area contributed by atoms with Crippen LogP contribution in [0.3, 0.4) is 0 Å². The quantitative estimate of drug-likeness (QED) is 0.718. The van der Waals surface area contributed by atoms with E-state index in [-0.39, 0.29) is 5.91 Å². The van der Waals surface area contributed by atoms with Gasteiger partial charge in [0.25, 0.3) is 5.91 Å². The molecule has 0 saturated carbocycles. The van der Waals surface area contributed by atoms with Gasteiger partial charge in [-0.1, -0.05) is 0 Å². The SMILES string of the molecule is CCN(CCCCl)C(=O)c1cncn1C. The summed E-state index contributed by atoms with van der Waals surface area (Å²) in [5.74, 6) is 0.595. The average molecular weight is 230 g/mol. The van der Waals surface area contributed by atoms with Gasteiger partial charge in [-0.05, 0) is 13.3 Å². The molecular formula is C10H16ClN3O. The van der Waals surface area contributed by atoms with Crippen molar-refractivity contribution >= 4 is 17.5 Å². The number of rotatable bonds is 5. The van der Waals surface area contributed by atoms with Gasteiger partial charge >= 0.3 is 0 Å². The second-order valence-electron chi connectivity index (χ2n) is 3.32. The molecule has 5 heteroatoms. The monoisotopic (exact) mass is 229 g/mol. The third-order valence-corrected chi connectivity index (χ3v) is 2.53. The molecule has 0 saturated heterocycles. The summed E-state index contributed by atoms with van der Waals surface area (Å²) in [6, 6.07) is 0. The molecule has 0 bridgehead atoms. The highest BCUT2D eigenvalue weighted by atomic mass is 35.5. The Hall–Kier alpha value is -1.03. The number of hydrogen-bond donors (Lipinski definition) is 0. The highest BCUT2D eigenvalue weighted by molar-refractivity contribution is 6.17. The van der Waals surface area contributed by atoms with Crippen LogP contribution in [-0.2, 0) is 7.05 Å². The first kappa shape index (κ1) is 12.0. The van der Waals surface area contributed by atoms with Crippen LogP contribution in [0, 0.1) is 0 Å². The van der Waals surface area contributed by atoms with E-state index in [1.54, 1.807) is 22.0 Å². The predicted octanol–water partition coefficient (Wildman–Crippen LogP) is 1.51. The van der Waals surface area contributed by atoms with Gasteiger partial charge in [-0.15, -0.1) is 11.6 Å². The summed E-state index contributed by atoms with van der Waals surface area (Å²) < 4.78 is 1.73. The molecule has 84 valence electrons. The fourth-order valence-electron chi connectivity index (χ4n) is 1.38. The molecule has 1 aromatic heterocycles. The number of carbonyl (C=O) groups is 1. The van der Waals surface area contributed by atoms with Gasteiger partial charge in [-0.25, -0.2) is 4.98 Å². The molecule has 0 fully saturated rings. The average Bonchev–Trinajstić information content (AvgIpc) is 2.65. The van der Waals surface area contributed by atoms with Crippen LogP contribution < -0.4 is 0 Å². The number of alkyl halides is 1. The Labute approximate surface area is 94.8 Å². The van der Waals surface area contributed by atoms with Crippen LogP contribution in [0.25, 0.3) is 0 Å². The maximum atomic E-state index is 12.0. The van der Waals surface area contributed by atoms with Gasteiger partial charge in [0.2, 0.25) is 0 Å². The zero-order valence-corrected chi connectivity index (χ0v) is 9.87. The van der Waals surface area contributed by atoms with Crippen LogP contribution in [0.1, 0.15) is 23.8 Å². The van der Waals surface area contributed by atoms with Crippen LogP contribution in [-0.4, -0.2) is 39.3 Å². The normalized spacial score (nSPS) is 10.3. The maximum Gasteiger partial charge on any atom is 0.272 e. The van der Waals surface area contributed by atoms with E-state index in [0.717, 1.165) is 6.42 Å². The lowest BCUT2D eigenvalue weighted by molar-refractivity contribution is 0.0755. The molecule has 15 heavy (non-hydrogen) atoms. The molecule has 1 rings (SSSR count). The zero-order chi connectivity index (χ0) is 11.3. The summed E-state index contributed by atoms with van der Waals surface area (Å²) >= 11 is 5.61. The minimum absolute atomic E-state index is 0.0163. The number of nitrogens with zero attached hydrogens (tertiary/aromatic N) is 3. The van der Waals surface area contributed by atoms with E-state index < -0.39 is 0 Å². The number of carbonyl (C=O) groups excluding carboxylic acids is 1. The highest BCUT2D eigenvalue weighted by Crippen LogP contribution is 2.04. The molecule has 4 nitrogen and oxygen atoms in total. The maximum absolute atomic E-state index is 12.0. The van der Waals surface area contributed by atoms with Crippen molar-refractivity contribution < 1.29 is 4.79 Å². The first-order valence-corrected chi connectivity index (χ1v) is 5.55. The van der Waals surface area contributed by atoms with Gasteiger partial charge in [0.15, 0.2) is 0 Å². The van der Waals surface area contributed by atoms with E-state index in [1.807, 2.05) is 14.0 Å². The van der Waals surface area contributed by atoms with Crippen LogP contribution >= 0.6 is 11.6 Å². The van der Waals surface area contributed by atoms with Crippen molar-refractivity contribution in [2.24, 2.45) is 7.05 Å². The number of amides is 1. The number of hydrogen-bond acceptors (Lipinski definition) is 2. The van der Waals surface area contributed by atoms with Gasteiger partial charge in [0.05, 0.1) is 12.5 Å². The van der Waals surface area contributed by atoms with E-state index in [2.05, 4.69) is 4.98 Å². The molecule has 0 aliphatic carbocycles. The fraction of sp³-hybridized carbons (Fsp3) is 0.600. The third kappa shape index (κ3) is 2.96. The lowest BCUT2D eigenvalue weighted by atomic mass is 10.3. The molecule has 0 spiro atoms. The lowest BCUT2D eigenvalue weighted by Crippen LogP contribution is -2.33. The Kier molecular flexibility index (Phi) is 4.62. The van der Waals surface area contributed by atoms with Crippen LogP contribution in [0.15, 0.2) is 12.5 Å². The van der Waals surface area contributed by atoms with Crippen molar-refractivity contribution in [2.45, 2.75) is 13.3 Å². The van der Waals surface area contributed by atoms with Crippen LogP contribution in [0.5, 0.6) is 0 Å². The predicted molar refractivity (Wildman–Crippen MR) is 60.1 cm³/mol. The van der Waals surface area contributed by atoms with Gasteiger partial charge in [-0.3, -0.25) is 4.79 Å². The lowest BCUT2D eigenvalue weighted by Gasteiger charge is -2.20. The van der Waals surface area contributed by atoms with Crippen molar-refractivity contribution in [3.8, 4) is 0 Å². The number of imidazole rings is 1. The molecular weight excluding hydrogens is 214 g/mol. The summed E-state index contributed by atoms with van der Waals surface area (Å²) in [6.45, 7) is 3.35. The van der Waals surface area contributed by atoms with E-state index in [0.29, 0.717) is 24.7 Å². The minimum atomic E-state index is 0.0163. The second-order valence-corrected chi connectivity index (χ2v) is 3.70. The Bertz CT molecular complexity index is 324. The van der Waals surface area contributed by atoms with Crippen molar-refractivity contribution in [2.75, 3.05) is 19.0 Å². The Morgan fingerprint density at radius 3 is 2.87 bits per heavy atom. The second kappa shape index (κ2) is 5.75. The molecule has 0 radical (unpaired) electrons. The van der Waals surface area contributed by atoms with Crippen molar-refractivity contribution in [3.05, 3.63) is 18.2 Å². The van der Waals surface area contributed by atoms with E-state index in [4.69, 9.17) is 11.6 Å². The van der Waals surface area contributed by atoms with Crippen molar-refractivity contribution in [1.29, 1.82) is 0 Å². The Balaban J connectivity index is 2.69. The van der Waals surface area contributed by atoms with Crippen molar-refractivity contribution in [1.82, 2.24) is 14.5 Å². The molecule has 0 aliphatic heterocycles. The zero-order valence-electron chi connectivity index (χ0n) is 9.11. The van der Waals surface area contributed by atoms with Gasteiger partial charge in [0.1, 0.15) is 5.69 Å². The van der Waals surface area contributed by atoms with E-state index in [9.17, 15) is 4.79 Å².